The Morgan fingerprint density at radius 2 is 1.79 bits per heavy atom. The summed E-state index contributed by atoms with van der Waals surface area (Å²) in [5.74, 6) is -3.45. The molecule has 3 rings (SSSR count). The molecule has 1 unspecified atom stereocenters. The summed E-state index contributed by atoms with van der Waals surface area (Å²) in [4.78, 5) is 6.36. The molecular weight excluding hydrogens is 390 g/mol. The number of aliphatic hydroxyl groups excluding tert-OH is 1. The Morgan fingerprint density at radius 3 is 2.46 bits per heavy atom. The van der Waals surface area contributed by atoms with E-state index < -0.39 is 42.8 Å². The van der Waals surface area contributed by atoms with Crippen LogP contribution in [0.4, 0.5) is 37.8 Å². The van der Waals surface area contributed by atoms with Crippen molar-refractivity contribution in [3.63, 3.8) is 0 Å². The van der Waals surface area contributed by atoms with Crippen LogP contribution in [0.5, 0.6) is 0 Å². The standard InChI is InChI=1S/C17H14F6N4O/c18-10-4-9-13(5-11(10)19)25-7-14(9)27-16(28)8-3-12(20)15(26-6-8)24-2-1-17(21,22)23/h3-7,16,25,27-28H,1-2H2,(H,24,26). The average molecular weight is 404 g/mol. The lowest BCUT2D eigenvalue weighted by atomic mass is 10.2. The number of rotatable bonds is 6. The lowest BCUT2D eigenvalue weighted by Gasteiger charge is -2.15. The molecule has 28 heavy (non-hydrogen) atoms. The van der Waals surface area contributed by atoms with Crippen LogP contribution in [-0.4, -0.2) is 27.8 Å². The van der Waals surface area contributed by atoms with Gasteiger partial charge in [-0.2, -0.15) is 13.2 Å². The fourth-order valence-electron chi connectivity index (χ4n) is 2.52. The zero-order valence-corrected chi connectivity index (χ0v) is 14.0. The Balaban J connectivity index is 1.72. The summed E-state index contributed by atoms with van der Waals surface area (Å²) in [6.07, 6.45) is -4.56. The highest BCUT2D eigenvalue weighted by Gasteiger charge is 2.26. The van der Waals surface area contributed by atoms with E-state index >= 15 is 0 Å². The van der Waals surface area contributed by atoms with E-state index in [0.29, 0.717) is 0 Å². The van der Waals surface area contributed by atoms with Crippen molar-refractivity contribution in [1.29, 1.82) is 0 Å². The first-order valence-electron chi connectivity index (χ1n) is 8.01. The van der Waals surface area contributed by atoms with E-state index in [0.717, 1.165) is 24.4 Å². The van der Waals surface area contributed by atoms with Gasteiger partial charge in [0.1, 0.15) is 0 Å². The first kappa shape index (κ1) is 19.8. The highest BCUT2D eigenvalue weighted by Crippen LogP contribution is 2.28. The van der Waals surface area contributed by atoms with E-state index in [2.05, 4.69) is 20.6 Å². The van der Waals surface area contributed by atoms with Crippen molar-refractivity contribution in [2.75, 3.05) is 17.2 Å². The number of nitrogens with one attached hydrogen (secondary N) is 3. The SMILES string of the molecule is OC(Nc1c[nH]c2cc(F)c(F)cc12)c1cnc(NCCC(F)(F)F)c(F)c1. The summed E-state index contributed by atoms with van der Waals surface area (Å²) in [6.45, 7) is -0.551. The average Bonchev–Trinajstić information content (AvgIpc) is 2.97. The lowest BCUT2D eigenvalue weighted by Crippen LogP contribution is -2.16. The summed E-state index contributed by atoms with van der Waals surface area (Å²) in [7, 11) is 0. The van der Waals surface area contributed by atoms with Gasteiger partial charge in [-0.3, -0.25) is 0 Å². The summed E-state index contributed by atoms with van der Waals surface area (Å²) < 4.78 is 77.1. The van der Waals surface area contributed by atoms with Crippen LogP contribution < -0.4 is 10.6 Å². The molecule has 0 spiro atoms. The maximum absolute atomic E-state index is 14.0. The summed E-state index contributed by atoms with van der Waals surface area (Å²) in [5, 5.41) is 15.3. The molecule has 0 bridgehead atoms. The third-order valence-corrected chi connectivity index (χ3v) is 3.89. The quantitative estimate of drug-likeness (QED) is 0.362. The van der Waals surface area contributed by atoms with Gasteiger partial charge in [0.05, 0.1) is 17.6 Å². The highest BCUT2D eigenvalue weighted by atomic mass is 19.4. The Labute approximate surface area is 154 Å². The molecule has 0 radical (unpaired) electrons. The smallest absolute Gasteiger partial charge is 0.369 e. The number of halogens is 6. The van der Waals surface area contributed by atoms with Gasteiger partial charge in [-0.1, -0.05) is 0 Å². The van der Waals surface area contributed by atoms with Gasteiger partial charge in [0.2, 0.25) is 0 Å². The van der Waals surface area contributed by atoms with E-state index in [-0.39, 0.29) is 28.0 Å². The number of hydrogen-bond acceptors (Lipinski definition) is 4. The van der Waals surface area contributed by atoms with Gasteiger partial charge in [0, 0.05) is 36.0 Å². The molecule has 0 saturated carbocycles. The molecule has 5 nitrogen and oxygen atoms in total. The predicted molar refractivity (Wildman–Crippen MR) is 90.2 cm³/mol. The molecule has 4 N–H and O–H groups in total. The number of aromatic amines is 1. The number of pyridine rings is 1. The Bertz CT molecular complexity index is 988. The van der Waals surface area contributed by atoms with Crippen molar-refractivity contribution < 1.29 is 31.4 Å². The first-order chi connectivity index (χ1) is 13.1. The lowest BCUT2D eigenvalue weighted by molar-refractivity contribution is -0.131. The third kappa shape index (κ3) is 4.47. The molecule has 0 aliphatic rings. The summed E-state index contributed by atoms with van der Waals surface area (Å²) in [5.41, 5.74) is 0.493. The van der Waals surface area contributed by atoms with E-state index in [1.54, 1.807) is 0 Å². The van der Waals surface area contributed by atoms with Crippen LogP contribution in [0.3, 0.4) is 0 Å². The van der Waals surface area contributed by atoms with Crippen molar-refractivity contribution in [2.24, 2.45) is 0 Å². The van der Waals surface area contributed by atoms with Gasteiger partial charge in [-0.05, 0) is 12.1 Å². The second-order valence-corrected chi connectivity index (χ2v) is 5.95. The molecule has 0 saturated heterocycles. The maximum Gasteiger partial charge on any atom is 0.390 e. The van der Waals surface area contributed by atoms with Crippen LogP contribution in [0, 0.1) is 17.5 Å². The Kier molecular flexibility index (Phi) is 5.36. The van der Waals surface area contributed by atoms with E-state index in [1.165, 1.54) is 6.20 Å². The molecule has 2 aromatic heterocycles. The monoisotopic (exact) mass is 404 g/mol. The van der Waals surface area contributed by atoms with E-state index in [4.69, 9.17) is 0 Å². The van der Waals surface area contributed by atoms with Crippen LogP contribution in [0.1, 0.15) is 18.2 Å². The van der Waals surface area contributed by atoms with E-state index in [9.17, 15) is 31.4 Å². The molecule has 0 amide bonds. The number of benzene rings is 1. The molecule has 1 aromatic carbocycles. The van der Waals surface area contributed by atoms with Gasteiger partial charge in [0.15, 0.2) is 29.5 Å². The maximum atomic E-state index is 14.0. The molecule has 1 atom stereocenters. The number of aliphatic hydroxyl groups is 1. The number of aromatic nitrogens is 2. The van der Waals surface area contributed by atoms with Gasteiger partial charge in [0.25, 0.3) is 0 Å². The number of hydrogen-bond donors (Lipinski definition) is 4. The molecule has 2 heterocycles. The van der Waals surface area contributed by atoms with Gasteiger partial charge < -0.3 is 20.7 Å². The minimum absolute atomic E-state index is 0.0178. The van der Waals surface area contributed by atoms with Crippen LogP contribution in [0.15, 0.2) is 30.6 Å². The highest BCUT2D eigenvalue weighted by molar-refractivity contribution is 5.92. The van der Waals surface area contributed by atoms with Crippen LogP contribution >= 0.6 is 0 Å². The zero-order valence-electron chi connectivity index (χ0n) is 14.0. The minimum atomic E-state index is -4.38. The van der Waals surface area contributed by atoms with Crippen molar-refractivity contribution in [3.05, 3.63) is 53.6 Å². The fourth-order valence-corrected chi connectivity index (χ4v) is 2.52. The van der Waals surface area contributed by atoms with Gasteiger partial charge in [-0.15, -0.1) is 0 Å². The largest absolute Gasteiger partial charge is 0.390 e. The van der Waals surface area contributed by atoms with Crippen LogP contribution in [-0.2, 0) is 0 Å². The first-order valence-corrected chi connectivity index (χ1v) is 8.01. The molecular formula is C17H14F6N4O. The second kappa shape index (κ2) is 7.58. The molecule has 150 valence electrons. The molecule has 3 aromatic rings. The molecule has 0 aliphatic heterocycles. The van der Waals surface area contributed by atoms with Crippen molar-refractivity contribution >= 4 is 22.4 Å². The number of fused-ring (bicyclic) bond motifs is 1. The van der Waals surface area contributed by atoms with Crippen molar-refractivity contribution in [2.45, 2.75) is 18.8 Å². The van der Waals surface area contributed by atoms with Crippen LogP contribution in [0.2, 0.25) is 0 Å². The Hall–Kier alpha value is -2.95. The predicted octanol–water partition coefficient (Wildman–Crippen LogP) is 4.45. The number of anilines is 2. The Morgan fingerprint density at radius 1 is 1.07 bits per heavy atom. The molecule has 11 heteroatoms. The fraction of sp³-hybridized carbons (Fsp3) is 0.235. The number of alkyl halides is 3. The second-order valence-electron chi connectivity index (χ2n) is 5.95. The normalized spacial score (nSPS) is 13.0. The van der Waals surface area contributed by atoms with Gasteiger partial charge >= 0.3 is 6.18 Å². The summed E-state index contributed by atoms with van der Waals surface area (Å²) in [6, 6.07) is 2.78. The van der Waals surface area contributed by atoms with Gasteiger partial charge in [-0.25, -0.2) is 18.2 Å². The van der Waals surface area contributed by atoms with Crippen LogP contribution in [0.25, 0.3) is 10.9 Å². The van der Waals surface area contributed by atoms with E-state index in [1.807, 2.05) is 0 Å². The number of nitrogens with zero attached hydrogens (tertiary/aromatic N) is 1. The molecule has 0 fully saturated rings. The number of H-pyrrole nitrogens is 1. The zero-order chi connectivity index (χ0) is 20.5. The molecule has 0 aliphatic carbocycles. The summed E-state index contributed by atoms with van der Waals surface area (Å²) >= 11 is 0. The van der Waals surface area contributed by atoms with Crippen molar-refractivity contribution in [3.8, 4) is 0 Å². The van der Waals surface area contributed by atoms with Crippen molar-refractivity contribution in [1.82, 2.24) is 9.97 Å². The third-order valence-electron chi connectivity index (χ3n) is 3.89. The minimum Gasteiger partial charge on any atom is -0.369 e. The topological polar surface area (TPSA) is 73.0 Å².